The zero-order chi connectivity index (χ0) is 11.7. The standard InChI is InChI=1S/C13H24N2O/c1-9(2)11-7-12(11)13(16)15(3)10-5-4-6-14-8-10/h9-12,14H,4-8H2,1-3H3/t10-,11+,12+/m1/s1. The summed E-state index contributed by atoms with van der Waals surface area (Å²) in [5.74, 6) is 2.01. The van der Waals surface area contributed by atoms with Gasteiger partial charge in [-0.2, -0.15) is 0 Å². The fraction of sp³-hybridized carbons (Fsp3) is 0.923. The van der Waals surface area contributed by atoms with Crippen LogP contribution in [0.5, 0.6) is 0 Å². The summed E-state index contributed by atoms with van der Waals surface area (Å²) in [6.07, 6.45) is 3.47. The van der Waals surface area contributed by atoms with Gasteiger partial charge in [-0.05, 0) is 37.6 Å². The number of nitrogens with one attached hydrogen (secondary N) is 1. The van der Waals surface area contributed by atoms with Crippen molar-refractivity contribution in [2.24, 2.45) is 17.8 Å². The van der Waals surface area contributed by atoms with Crippen molar-refractivity contribution in [3.05, 3.63) is 0 Å². The molecule has 1 heterocycles. The minimum Gasteiger partial charge on any atom is -0.341 e. The van der Waals surface area contributed by atoms with Crippen LogP contribution in [-0.2, 0) is 4.79 Å². The molecule has 1 aliphatic heterocycles. The Morgan fingerprint density at radius 2 is 2.19 bits per heavy atom. The minimum atomic E-state index is 0.326. The molecule has 1 N–H and O–H groups in total. The monoisotopic (exact) mass is 224 g/mol. The number of amides is 1. The third kappa shape index (κ3) is 2.40. The van der Waals surface area contributed by atoms with E-state index in [0.717, 1.165) is 25.9 Å². The number of hydrogen-bond donors (Lipinski definition) is 1. The first-order valence-electron chi connectivity index (χ1n) is 6.58. The van der Waals surface area contributed by atoms with Gasteiger partial charge in [-0.1, -0.05) is 13.8 Å². The van der Waals surface area contributed by atoms with Gasteiger partial charge in [0.2, 0.25) is 5.91 Å². The molecular weight excluding hydrogens is 200 g/mol. The second-order valence-electron chi connectivity index (χ2n) is 5.70. The van der Waals surface area contributed by atoms with Gasteiger partial charge < -0.3 is 10.2 Å². The summed E-state index contributed by atoms with van der Waals surface area (Å²) in [5, 5.41) is 3.37. The van der Waals surface area contributed by atoms with Crippen LogP contribution in [0.3, 0.4) is 0 Å². The van der Waals surface area contributed by atoms with Gasteiger partial charge in [0, 0.05) is 25.6 Å². The van der Waals surface area contributed by atoms with Crippen LogP contribution in [0.1, 0.15) is 33.1 Å². The normalized spacial score (nSPS) is 33.9. The van der Waals surface area contributed by atoms with E-state index in [1.807, 2.05) is 11.9 Å². The van der Waals surface area contributed by atoms with Gasteiger partial charge in [-0.3, -0.25) is 4.79 Å². The predicted molar refractivity (Wildman–Crippen MR) is 65.1 cm³/mol. The summed E-state index contributed by atoms with van der Waals surface area (Å²) >= 11 is 0. The van der Waals surface area contributed by atoms with E-state index in [9.17, 15) is 4.79 Å². The molecule has 2 rings (SSSR count). The van der Waals surface area contributed by atoms with Gasteiger partial charge in [0.25, 0.3) is 0 Å². The Bertz CT molecular complexity index is 259. The molecule has 0 spiro atoms. The van der Waals surface area contributed by atoms with Crippen LogP contribution in [0.15, 0.2) is 0 Å². The van der Waals surface area contributed by atoms with Crippen molar-refractivity contribution in [3.8, 4) is 0 Å². The van der Waals surface area contributed by atoms with E-state index in [4.69, 9.17) is 0 Å². The molecule has 3 nitrogen and oxygen atoms in total. The molecule has 0 bridgehead atoms. The smallest absolute Gasteiger partial charge is 0.226 e. The molecule has 0 unspecified atom stereocenters. The van der Waals surface area contributed by atoms with E-state index in [0.29, 0.717) is 29.7 Å². The molecule has 1 saturated heterocycles. The van der Waals surface area contributed by atoms with Crippen LogP contribution < -0.4 is 5.32 Å². The Labute approximate surface area is 98.6 Å². The minimum absolute atomic E-state index is 0.326. The largest absolute Gasteiger partial charge is 0.341 e. The number of nitrogens with zero attached hydrogens (tertiary/aromatic N) is 1. The second-order valence-corrected chi connectivity index (χ2v) is 5.70. The van der Waals surface area contributed by atoms with E-state index in [-0.39, 0.29) is 0 Å². The van der Waals surface area contributed by atoms with E-state index in [1.165, 1.54) is 6.42 Å². The molecule has 2 aliphatic rings. The zero-order valence-electron chi connectivity index (χ0n) is 10.7. The third-order valence-electron chi connectivity index (χ3n) is 4.18. The van der Waals surface area contributed by atoms with E-state index >= 15 is 0 Å². The van der Waals surface area contributed by atoms with Crippen LogP contribution in [0, 0.1) is 17.8 Å². The maximum Gasteiger partial charge on any atom is 0.226 e. The predicted octanol–water partition coefficient (Wildman–Crippen LogP) is 1.49. The Hall–Kier alpha value is -0.570. The summed E-state index contributed by atoms with van der Waals surface area (Å²) < 4.78 is 0. The van der Waals surface area contributed by atoms with E-state index in [1.54, 1.807) is 0 Å². The SMILES string of the molecule is CC(C)[C@@H]1C[C@@H]1C(=O)N(C)[C@@H]1CCCNC1. The van der Waals surface area contributed by atoms with Crippen LogP contribution in [0.2, 0.25) is 0 Å². The van der Waals surface area contributed by atoms with Gasteiger partial charge in [0.1, 0.15) is 0 Å². The average Bonchev–Trinajstić information content (AvgIpc) is 3.08. The number of likely N-dealkylation sites (N-methyl/N-ethyl adjacent to an activating group) is 1. The van der Waals surface area contributed by atoms with Crippen LogP contribution in [-0.4, -0.2) is 37.0 Å². The Balaban J connectivity index is 1.85. The molecule has 3 atom stereocenters. The summed E-state index contributed by atoms with van der Waals surface area (Å²) in [6, 6.07) is 0.426. The quantitative estimate of drug-likeness (QED) is 0.787. The van der Waals surface area contributed by atoms with Crippen LogP contribution >= 0.6 is 0 Å². The van der Waals surface area contributed by atoms with Crippen molar-refractivity contribution in [1.82, 2.24) is 10.2 Å². The van der Waals surface area contributed by atoms with Crippen LogP contribution in [0.4, 0.5) is 0 Å². The zero-order valence-corrected chi connectivity index (χ0v) is 10.7. The summed E-state index contributed by atoms with van der Waals surface area (Å²) in [4.78, 5) is 14.2. The highest BCUT2D eigenvalue weighted by molar-refractivity contribution is 5.81. The maximum atomic E-state index is 12.2. The third-order valence-corrected chi connectivity index (χ3v) is 4.18. The average molecular weight is 224 g/mol. The molecule has 0 aromatic carbocycles. The highest BCUT2D eigenvalue weighted by Gasteiger charge is 2.46. The van der Waals surface area contributed by atoms with Crippen molar-refractivity contribution in [3.63, 3.8) is 0 Å². The van der Waals surface area contributed by atoms with Gasteiger partial charge in [-0.25, -0.2) is 0 Å². The van der Waals surface area contributed by atoms with Gasteiger partial charge in [0.05, 0.1) is 0 Å². The molecule has 0 radical (unpaired) electrons. The molecule has 92 valence electrons. The van der Waals surface area contributed by atoms with Gasteiger partial charge >= 0.3 is 0 Å². The summed E-state index contributed by atoms with van der Waals surface area (Å²) in [6.45, 7) is 6.53. The second kappa shape index (κ2) is 4.74. The highest BCUT2D eigenvalue weighted by atomic mass is 16.2. The number of carbonyl (C=O) groups excluding carboxylic acids is 1. The first-order valence-corrected chi connectivity index (χ1v) is 6.58. The lowest BCUT2D eigenvalue weighted by Gasteiger charge is -2.32. The molecule has 1 saturated carbocycles. The molecule has 16 heavy (non-hydrogen) atoms. The van der Waals surface area contributed by atoms with Crippen molar-refractivity contribution in [1.29, 1.82) is 0 Å². The fourth-order valence-electron chi connectivity index (χ4n) is 2.84. The number of rotatable bonds is 3. The Morgan fingerprint density at radius 3 is 2.69 bits per heavy atom. The first-order chi connectivity index (χ1) is 7.61. The summed E-state index contributed by atoms with van der Waals surface area (Å²) in [7, 11) is 1.98. The van der Waals surface area contributed by atoms with Crippen molar-refractivity contribution >= 4 is 5.91 Å². The molecule has 1 amide bonds. The summed E-state index contributed by atoms with van der Waals surface area (Å²) in [5.41, 5.74) is 0. The van der Waals surface area contributed by atoms with Crippen molar-refractivity contribution in [2.75, 3.05) is 20.1 Å². The lowest BCUT2D eigenvalue weighted by Crippen LogP contribution is -2.47. The number of carbonyl (C=O) groups is 1. The van der Waals surface area contributed by atoms with Crippen molar-refractivity contribution < 1.29 is 4.79 Å². The fourth-order valence-corrected chi connectivity index (χ4v) is 2.84. The lowest BCUT2D eigenvalue weighted by molar-refractivity contribution is -0.134. The highest BCUT2D eigenvalue weighted by Crippen LogP contribution is 2.45. The van der Waals surface area contributed by atoms with E-state index < -0.39 is 0 Å². The van der Waals surface area contributed by atoms with E-state index in [2.05, 4.69) is 19.2 Å². The Morgan fingerprint density at radius 1 is 1.44 bits per heavy atom. The molecule has 3 heteroatoms. The molecular formula is C13H24N2O. The number of hydrogen-bond acceptors (Lipinski definition) is 2. The Kier molecular flexibility index (Phi) is 3.53. The lowest BCUT2D eigenvalue weighted by atomic mass is 10.0. The first kappa shape index (κ1) is 11.9. The van der Waals surface area contributed by atoms with Gasteiger partial charge in [0.15, 0.2) is 0 Å². The maximum absolute atomic E-state index is 12.2. The van der Waals surface area contributed by atoms with Crippen molar-refractivity contribution in [2.45, 2.75) is 39.2 Å². The van der Waals surface area contributed by atoms with Gasteiger partial charge in [-0.15, -0.1) is 0 Å². The topological polar surface area (TPSA) is 32.3 Å². The molecule has 0 aromatic heterocycles. The van der Waals surface area contributed by atoms with Crippen LogP contribution in [0.25, 0.3) is 0 Å². The molecule has 0 aromatic rings. The molecule has 1 aliphatic carbocycles. The molecule has 2 fully saturated rings. The number of piperidine rings is 1.